The number of benzene rings is 2. The van der Waals surface area contributed by atoms with E-state index in [4.69, 9.17) is 13.9 Å². The van der Waals surface area contributed by atoms with Crippen molar-refractivity contribution in [3.8, 4) is 23.0 Å². The topological polar surface area (TPSA) is 77.7 Å². The van der Waals surface area contributed by atoms with E-state index >= 15 is 0 Å². The summed E-state index contributed by atoms with van der Waals surface area (Å²) in [4.78, 5) is 14.1. The second-order valence-corrected chi connectivity index (χ2v) is 5.98. The van der Waals surface area contributed by atoms with Gasteiger partial charge >= 0.3 is 0 Å². The highest BCUT2D eigenvalue weighted by atomic mass is 16.5. The largest absolute Gasteiger partial charge is 0.493 e. The van der Waals surface area contributed by atoms with Crippen LogP contribution in [0, 0.1) is 0 Å². The van der Waals surface area contributed by atoms with Crippen molar-refractivity contribution < 1.29 is 18.7 Å². The number of amides is 1. The Morgan fingerprint density at radius 3 is 2.48 bits per heavy atom. The molecular weight excluding hydrogens is 346 g/mol. The number of likely N-dealkylation sites (N-methyl/N-ethyl adjacent to an activating group) is 1. The van der Waals surface area contributed by atoms with E-state index < -0.39 is 0 Å². The van der Waals surface area contributed by atoms with Crippen LogP contribution in [0.2, 0.25) is 0 Å². The molecule has 0 spiro atoms. The number of rotatable bonds is 7. The van der Waals surface area contributed by atoms with Crippen LogP contribution in [0.25, 0.3) is 11.5 Å². The normalized spacial score (nSPS) is 10.5. The Kier molecular flexibility index (Phi) is 5.71. The van der Waals surface area contributed by atoms with Gasteiger partial charge in [0.1, 0.15) is 0 Å². The zero-order valence-corrected chi connectivity index (χ0v) is 15.5. The van der Waals surface area contributed by atoms with Gasteiger partial charge in [-0.05, 0) is 29.8 Å². The Bertz CT molecular complexity index is 909. The van der Waals surface area contributed by atoms with Crippen LogP contribution < -0.4 is 9.47 Å². The number of aromatic nitrogens is 2. The predicted octanol–water partition coefficient (Wildman–Crippen LogP) is 2.95. The fraction of sp³-hybridized carbons (Fsp3) is 0.250. The molecule has 0 bridgehead atoms. The molecule has 7 nitrogen and oxygen atoms in total. The summed E-state index contributed by atoms with van der Waals surface area (Å²) in [6.07, 6.45) is 0.233. The lowest BCUT2D eigenvalue weighted by molar-refractivity contribution is -0.130. The van der Waals surface area contributed by atoms with Crippen molar-refractivity contribution in [3.63, 3.8) is 0 Å². The van der Waals surface area contributed by atoms with Crippen molar-refractivity contribution in [1.29, 1.82) is 0 Å². The van der Waals surface area contributed by atoms with E-state index in [2.05, 4.69) is 10.2 Å². The smallest absolute Gasteiger partial charge is 0.247 e. The SMILES string of the molecule is COc1ccc(CC(=O)N(C)Cc2nnc(-c3ccccc3)o2)cc1OC. The lowest BCUT2D eigenvalue weighted by atomic mass is 10.1. The molecule has 0 atom stereocenters. The summed E-state index contributed by atoms with van der Waals surface area (Å²) in [6.45, 7) is 0.242. The van der Waals surface area contributed by atoms with Crippen LogP contribution in [0.3, 0.4) is 0 Å². The van der Waals surface area contributed by atoms with Gasteiger partial charge in [-0.1, -0.05) is 24.3 Å². The molecule has 0 fully saturated rings. The van der Waals surface area contributed by atoms with Gasteiger partial charge in [0.2, 0.25) is 17.7 Å². The summed E-state index contributed by atoms with van der Waals surface area (Å²) in [7, 11) is 4.84. The first-order chi connectivity index (χ1) is 13.1. The molecule has 0 aliphatic carbocycles. The van der Waals surface area contributed by atoms with Crippen LogP contribution >= 0.6 is 0 Å². The molecule has 2 aromatic carbocycles. The van der Waals surface area contributed by atoms with Gasteiger partial charge in [0.05, 0.1) is 27.2 Å². The summed E-state index contributed by atoms with van der Waals surface area (Å²) < 4.78 is 16.1. The molecule has 1 heterocycles. The van der Waals surface area contributed by atoms with Gasteiger partial charge in [-0.2, -0.15) is 0 Å². The molecule has 0 N–H and O–H groups in total. The molecule has 1 aromatic heterocycles. The van der Waals surface area contributed by atoms with Crippen LogP contribution in [-0.2, 0) is 17.8 Å². The van der Waals surface area contributed by atoms with E-state index in [0.717, 1.165) is 11.1 Å². The monoisotopic (exact) mass is 367 g/mol. The first-order valence-electron chi connectivity index (χ1n) is 8.43. The van der Waals surface area contributed by atoms with E-state index in [1.165, 1.54) is 0 Å². The third-order valence-electron chi connectivity index (χ3n) is 4.09. The molecule has 0 aliphatic heterocycles. The van der Waals surface area contributed by atoms with Crippen molar-refractivity contribution >= 4 is 5.91 Å². The fourth-order valence-electron chi connectivity index (χ4n) is 2.61. The van der Waals surface area contributed by atoms with Crippen LogP contribution in [0.4, 0.5) is 0 Å². The van der Waals surface area contributed by atoms with E-state index in [1.807, 2.05) is 36.4 Å². The Hall–Kier alpha value is -3.35. The number of nitrogens with zero attached hydrogens (tertiary/aromatic N) is 3. The van der Waals surface area contributed by atoms with Gasteiger partial charge in [0, 0.05) is 12.6 Å². The summed E-state index contributed by atoms with van der Waals surface area (Å²) in [5.74, 6) is 1.97. The first kappa shape index (κ1) is 18.4. The molecule has 3 aromatic rings. The van der Waals surface area contributed by atoms with Crippen molar-refractivity contribution in [2.45, 2.75) is 13.0 Å². The predicted molar refractivity (Wildman–Crippen MR) is 99.5 cm³/mol. The minimum atomic E-state index is -0.0679. The van der Waals surface area contributed by atoms with Crippen molar-refractivity contribution in [1.82, 2.24) is 15.1 Å². The Morgan fingerprint density at radius 2 is 1.78 bits per heavy atom. The number of hydrogen-bond donors (Lipinski definition) is 0. The lowest BCUT2D eigenvalue weighted by Gasteiger charge is -2.15. The van der Waals surface area contributed by atoms with E-state index in [9.17, 15) is 4.79 Å². The van der Waals surface area contributed by atoms with E-state index in [1.54, 1.807) is 38.3 Å². The number of methoxy groups -OCH3 is 2. The van der Waals surface area contributed by atoms with Gasteiger partial charge in [-0.3, -0.25) is 4.79 Å². The molecule has 0 aliphatic rings. The van der Waals surface area contributed by atoms with Crippen LogP contribution in [0.1, 0.15) is 11.5 Å². The molecular formula is C20H21N3O4. The quantitative estimate of drug-likeness (QED) is 0.639. The number of ether oxygens (including phenoxy) is 2. The average Bonchev–Trinajstić information content (AvgIpc) is 3.17. The van der Waals surface area contributed by atoms with Crippen LogP contribution in [0.5, 0.6) is 11.5 Å². The highest BCUT2D eigenvalue weighted by molar-refractivity contribution is 5.78. The highest BCUT2D eigenvalue weighted by Crippen LogP contribution is 2.28. The Labute approximate surface area is 157 Å². The molecule has 3 rings (SSSR count). The summed E-state index contributed by atoms with van der Waals surface area (Å²) >= 11 is 0. The summed E-state index contributed by atoms with van der Waals surface area (Å²) in [6, 6.07) is 14.9. The number of carbonyl (C=O) groups excluding carboxylic acids is 1. The van der Waals surface area contributed by atoms with Gasteiger partial charge in [0.25, 0.3) is 0 Å². The number of carbonyl (C=O) groups is 1. The molecule has 7 heteroatoms. The molecule has 0 radical (unpaired) electrons. The maximum absolute atomic E-state index is 12.5. The number of hydrogen-bond acceptors (Lipinski definition) is 6. The first-order valence-corrected chi connectivity index (χ1v) is 8.43. The molecule has 0 saturated heterocycles. The molecule has 140 valence electrons. The maximum Gasteiger partial charge on any atom is 0.247 e. The third kappa shape index (κ3) is 4.44. The summed E-state index contributed by atoms with van der Waals surface area (Å²) in [5.41, 5.74) is 1.68. The summed E-state index contributed by atoms with van der Waals surface area (Å²) in [5, 5.41) is 8.06. The minimum Gasteiger partial charge on any atom is -0.493 e. The zero-order chi connectivity index (χ0) is 19.2. The lowest BCUT2D eigenvalue weighted by Crippen LogP contribution is -2.27. The second kappa shape index (κ2) is 8.35. The second-order valence-electron chi connectivity index (χ2n) is 5.98. The molecule has 27 heavy (non-hydrogen) atoms. The van der Waals surface area contributed by atoms with Gasteiger partial charge in [-0.15, -0.1) is 10.2 Å². The minimum absolute atomic E-state index is 0.0679. The van der Waals surface area contributed by atoms with E-state index in [0.29, 0.717) is 23.3 Å². The van der Waals surface area contributed by atoms with Crippen molar-refractivity contribution in [2.75, 3.05) is 21.3 Å². The van der Waals surface area contributed by atoms with Gasteiger partial charge < -0.3 is 18.8 Å². The standard InChI is InChI=1S/C20H21N3O4/c1-23(13-18-21-22-20(27-18)15-7-5-4-6-8-15)19(24)12-14-9-10-16(25-2)17(11-14)26-3/h4-11H,12-13H2,1-3H3. The Balaban J connectivity index is 1.64. The van der Waals surface area contributed by atoms with Gasteiger partial charge in [0.15, 0.2) is 11.5 Å². The molecule has 0 unspecified atom stereocenters. The molecule has 1 amide bonds. The third-order valence-corrected chi connectivity index (χ3v) is 4.09. The van der Waals surface area contributed by atoms with Gasteiger partial charge in [-0.25, -0.2) is 0 Å². The average molecular weight is 367 g/mol. The fourth-order valence-corrected chi connectivity index (χ4v) is 2.61. The van der Waals surface area contributed by atoms with E-state index in [-0.39, 0.29) is 18.9 Å². The van der Waals surface area contributed by atoms with Crippen molar-refractivity contribution in [3.05, 3.63) is 60.0 Å². The maximum atomic E-state index is 12.5. The van der Waals surface area contributed by atoms with Crippen LogP contribution in [0.15, 0.2) is 52.9 Å². The highest BCUT2D eigenvalue weighted by Gasteiger charge is 2.16. The zero-order valence-electron chi connectivity index (χ0n) is 15.5. The molecule has 0 saturated carbocycles. The van der Waals surface area contributed by atoms with Crippen molar-refractivity contribution in [2.24, 2.45) is 0 Å². The Morgan fingerprint density at radius 1 is 1.04 bits per heavy atom. The van der Waals surface area contributed by atoms with Crippen LogP contribution in [-0.4, -0.2) is 42.3 Å².